The number of fused-ring (bicyclic) bond motifs is 2. The zero-order valence-corrected chi connectivity index (χ0v) is 15.5. The minimum Gasteiger partial charge on any atom is -0.492 e. The number of nitriles is 1. The summed E-state index contributed by atoms with van der Waals surface area (Å²) >= 11 is 3.46. The fraction of sp³-hybridized carbons (Fsp3) is 0.556. The van der Waals surface area contributed by atoms with Crippen LogP contribution in [0.15, 0.2) is 22.7 Å². The van der Waals surface area contributed by atoms with Gasteiger partial charge in [0, 0.05) is 11.6 Å². The van der Waals surface area contributed by atoms with Crippen molar-refractivity contribution in [3.63, 3.8) is 0 Å². The topological polar surface area (TPSA) is 65.4 Å². The van der Waals surface area contributed by atoms with Crippen LogP contribution in [-0.4, -0.2) is 35.5 Å². The molecule has 2 saturated heterocycles. The third-order valence-electron chi connectivity index (χ3n) is 4.73. The number of benzene rings is 1. The maximum absolute atomic E-state index is 12.6. The lowest BCUT2D eigenvalue weighted by Crippen LogP contribution is -2.43. The van der Waals surface area contributed by atoms with Crippen molar-refractivity contribution in [2.45, 2.75) is 51.2 Å². The van der Waals surface area contributed by atoms with Gasteiger partial charge in [0.05, 0.1) is 23.2 Å². The number of hydrogen-bond donors (Lipinski definition) is 1. The highest BCUT2D eigenvalue weighted by Gasteiger charge is 2.46. The summed E-state index contributed by atoms with van der Waals surface area (Å²) in [5, 5.41) is 12.3. The van der Waals surface area contributed by atoms with Gasteiger partial charge >= 0.3 is 0 Å². The van der Waals surface area contributed by atoms with Gasteiger partial charge in [0.1, 0.15) is 5.75 Å². The number of nitrogens with zero attached hydrogens (tertiary/aromatic N) is 2. The molecule has 2 heterocycles. The molecule has 3 atom stereocenters. The Morgan fingerprint density at radius 3 is 2.96 bits per heavy atom. The van der Waals surface area contributed by atoms with Gasteiger partial charge in [-0.05, 0) is 59.3 Å². The van der Waals surface area contributed by atoms with E-state index in [-0.39, 0.29) is 18.0 Å². The predicted octanol–water partition coefficient (Wildman–Crippen LogP) is 3.30. The van der Waals surface area contributed by atoms with Crippen molar-refractivity contribution in [2.24, 2.45) is 5.92 Å². The van der Waals surface area contributed by atoms with Crippen LogP contribution in [0.4, 0.5) is 0 Å². The lowest BCUT2D eigenvalue weighted by Gasteiger charge is -2.22. The third-order valence-corrected chi connectivity index (χ3v) is 5.39. The van der Waals surface area contributed by atoms with Gasteiger partial charge in [-0.2, -0.15) is 5.26 Å². The second kappa shape index (κ2) is 7.02. The minimum atomic E-state index is -0.104. The fourth-order valence-corrected chi connectivity index (χ4v) is 3.92. The first-order chi connectivity index (χ1) is 11.5. The number of carbonyl (C=O) groups excluding carboxylic acids is 1. The van der Waals surface area contributed by atoms with Gasteiger partial charge < -0.3 is 15.0 Å². The summed E-state index contributed by atoms with van der Waals surface area (Å²) in [5.74, 6) is 0.996. The van der Waals surface area contributed by atoms with E-state index in [9.17, 15) is 10.1 Å². The second-order valence-corrected chi connectivity index (χ2v) is 7.83. The van der Waals surface area contributed by atoms with Gasteiger partial charge in [0.25, 0.3) is 5.91 Å². The fourth-order valence-electron chi connectivity index (χ4n) is 3.56. The Morgan fingerprint density at radius 1 is 1.50 bits per heavy atom. The standard InChI is InChI=1S/C18H22BrN3O2/c1-11(2)9-24-17-7-12(3-5-14(17)19)18(23)21-15-8-13-4-6-16(15)22(13)10-20/h3,5,7,11,13,15-16H,4,6,8-9H2,1-2H3,(H,21,23)/t13-,15+,16+/m0/s1. The molecule has 0 radical (unpaired) electrons. The Labute approximate surface area is 151 Å². The van der Waals surface area contributed by atoms with Crippen molar-refractivity contribution in [3.05, 3.63) is 28.2 Å². The molecule has 0 aromatic heterocycles. The average molecular weight is 392 g/mol. The molecule has 1 aromatic rings. The minimum absolute atomic E-state index is 0.0552. The number of carbonyl (C=O) groups is 1. The Morgan fingerprint density at radius 2 is 2.29 bits per heavy atom. The molecule has 2 aliphatic heterocycles. The molecule has 0 saturated carbocycles. The molecule has 0 spiro atoms. The predicted molar refractivity (Wildman–Crippen MR) is 94.6 cm³/mol. The highest BCUT2D eigenvalue weighted by atomic mass is 79.9. The molecule has 2 aliphatic rings. The SMILES string of the molecule is CC(C)COc1cc(C(=O)N[C@@H]2C[C@@H]3CC[C@H]2N3C#N)ccc1Br. The number of amides is 1. The van der Waals surface area contributed by atoms with Crippen molar-refractivity contribution >= 4 is 21.8 Å². The number of ether oxygens (including phenoxy) is 1. The summed E-state index contributed by atoms with van der Waals surface area (Å²) < 4.78 is 6.61. The summed E-state index contributed by atoms with van der Waals surface area (Å²) in [5.41, 5.74) is 0.586. The zero-order chi connectivity index (χ0) is 17.3. The van der Waals surface area contributed by atoms with E-state index >= 15 is 0 Å². The van der Waals surface area contributed by atoms with Crippen LogP contribution in [0.2, 0.25) is 0 Å². The first kappa shape index (κ1) is 17.1. The molecule has 24 heavy (non-hydrogen) atoms. The van der Waals surface area contributed by atoms with Crippen molar-refractivity contribution in [1.82, 2.24) is 10.2 Å². The Hall–Kier alpha value is -1.74. The van der Waals surface area contributed by atoms with Crippen LogP contribution in [0.1, 0.15) is 43.5 Å². The monoisotopic (exact) mass is 391 g/mol. The van der Waals surface area contributed by atoms with Gasteiger partial charge in [-0.1, -0.05) is 13.8 Å². The van der Waals surface area contributed by atoms with E-state index in [0.717, 1.165) is 23.7 Å². The number of halogens is 1. The normalized spacial score (nSPS) is 25.0. The van der Waals surface area contributed by atoms with Crippen LogP contribution in [0.3, 0.4) is 0 Å². The van der Waals surface area contributed by atoms with E-state index in [4.69, 9.17) is 4.74 Å². The van der Waals surface area contributed by atoms with Crippen LogP contribution in [0.5, 0.6) is 5.75 Å². The van der Waals surface area contributed by atoms with E-state index < -0.39 is 0 Å². The summed E-state index contributed by atoms with van der Waals surface area (Å²) in [4.78, 5) is 14.4. The van der Waals surface area contributed by atoms with Crippen LogP contribution >= 0.6 is 15.9 Å². The van der Waals surface area contributed by atoms with E-state index in [0.29, 0.717) is 29.9 Å². The summed E-state index contributed by atoms with van der Waals surface area (Å²) in [6.07, 6.45) is 5.16. The molecule has 1 N–H and O–H groups in total. The smallest absolute Gasteiger partial charge is 0.251 e. The molecule has 0 aliphatic carbocycles. The molecule has 1 amide bonds. The van der Waals surface area contributed by atoms with Crippen LogP contribution in [-0.2, 0) is 0 Å². The quantitative estimate of drug-likeness (QED) is 0.781. The average Bonchev–Trinajstić information content (AvgIpc) is 3.10. The maximum atomic E-state index is 12.6. The molecule has 2 fully saturated rings. The Kier molecular flexibility index (Phi) is 5.00. The third kappa shape index (κ3) is 3.36. The molecule has 0 unspecified atom stereocenters. The van der Waals surface area contributed by atoms with Crippen LogP contribution in [0.25, 0.3) is 0 Å². The number of nitrogens with one attached hydrogen (secondary N) is 1. The molecule has 128 valence electrons. The van der Waals surface area contributed by atoms with E-state index in [1.807, 2.05) is 11.0 Å². The number of hydrogen-bond acceptors (Lipinski definition) is 4. The Bertz CT molecular complexity index is 671. The number of rotatable bonds is 5. The zero-order valence-electron chi connectivity index (χ0n) is 14.0. The van der Waals surface area contributed by atoms with Crippen molar-refractivity contribution in [3.8, 4) is 11.9 Å². The second-order valence-electron chi connectivity index (χ2n) is 6.97. The summed E-state index contributed by atoms with van der Waals surface area (Å²) in [6.45, 7) is 4.77. The molecule has 3 rings (SSSR count). The molecular weight excluding hydrogens is 370 g/mol. The van der Waals surface area contributed by atoms with Crippen molar-refractivity contribution in [2.75, 3.05) is 6.61 Å². The van der Waals surface area contributed by atoms with E-state index in [1.54, 1.807) is 12.1 Å². The molecule has 5 nitrogen and oxygen atoms in total. The lowest BCUT2D eigenvalue weighted by molar-refractivity contribution is 0.0928. The van der Waals surface area contributed by atoms with E-state index in [1.165, 1.54) is 0 Å². The molecule has 1 aromatic carbocycles. The molecule has 6 heteroatoms. The van der Waals surface area contributed by atoms with Gasteiger partial charge in [0.15, 0.2) is 6.19 Å². The van der Waals surface area contributed by atoms with Gasteiger partial charge in [-0.3, -0.25) is 4.79 Å². The van der Waals surface area contributed by atoms with Gasteiger partial charge in [0.2, 0.25) is 0 Å². The van der Waals surface area contributed by atoms with Crippen LogP contribution < -0.4 is 10.1 Å². The van der Waals surface area contributed by atoms with Gasteiger partial charge in [-0.25, -0.2) is 0 Å². The lowest BCUT2D eigenvalue weighted by atomic mass is 9.95. The Balaban J connectivity index is 1.67. The van der Waals surface area contributed by atoms with Gasteiger partial charge in [-0.15, -0.1) is 0 Å². The summed E-state index contributed by atoms with van der Waals surface area (Å²) in [6, 6.07) is 5.90. The van der Waals surface area contributed by atoms with Crippen molar-refractivity contribution < 1.29 is 9.53 Å². The molecule has 2 bridgehead atoms. The summed E-state index contributed by atoms with van der Waals surface area (Å²) in [7, 11) is 0. The van der Waals surface area contributed by atoms with Crippen molar-refractivity contribution in [1.29, 1.82) is 5.26 Å². The maximum Gasteiger partial charge on any atom is 0.251 e. The van der Waals surface area contributed by atoms with Crippen LogP contribution in [0, 0.1) is 17.4 Å². The largest absolute Gasteiger partial charge is 0.492 e. The van der Waals surface area contributed by atoms with E-state index in [2.05, 4.69) is 41.3 Å². The first-order valence-electron chi connectivity index (χ1n) is 8.41. The highest BCUT2D eigenvalue weighted by Crippen LogP contribution is 2.37. The molecular formula is C18H22BrN3O2. The highest BCUT2D eigenvalue weighted by molar-refractivity contribution is 9.10. The first-order valence-corrected chi connectivity index (χ1v) is 9.20.